The highest BCUT2D eigenvalue weighted by Gasteiger charge is 2.20. The third kappa shape index (κ3) is 4.89. The molecule has 2 N–H and O–H groups in total. The Hall–Kier alpha value is -0.900. The number of benzene rings is 1. The van der Waals surface area contributed by atoms with E-state index in [2.05, 4.69) is 54.4 Å². The number of hydrogen-bond acceptors (Lipinski definition) is 3. The second-order valence-corrected chi connectivity index (χ2v) is 6.26. The van der Waals surface area contributed by atoms with Gasteiger partial charge in [-0.25, -0.2) is 0 Å². The Morgan fingerprint density at radius 1 is 1.20 bits per heavy atom. The maximum Gasteiger partial charge on any atom is 0.0687 e. The van der Waals surface area contributed by atoms with Crippen LogP contribution in [0.15, 0.2) is 30.3 Å². The topological polar surface area (TPSA) is 35.5 Å². The number of hydrogen-bond donors (Lipinski definition) is 2. The van der Waals surface area contributed by atoms with Crippen LogP contribution in [-0.4, -0.2) is 41.8 Å². The Morgan fingerprint density at radius 2 is 1.85 bits per heavy atom. The summed E-state index contributed by atoms with van der Waals surface area (Å²) < 4.78 is 0. The average Bonchev–Trinajstić information content (AvgIpc) is 2.47. The zero-order valence-electron chi connectivity index (χ0n) is 12.8. The lowest BCUT2D eigenvalue weighted by molar-refractivity contribution is 0.111. The van der Waals surface area contributed by atoms with Crippen LogP contribution >= 0.6 is 0 Å². The summed E-state index contributed by atoms with van der Waals surface area (Å²) in [5.74, 6) is 0.334. The zero-order valence-corrected chi connectivity index (χ0v) is 12.8. The van der Waals surface area contributed by atoms with Gasteiger partial charge >= 0.3 is 0 Å². The Bertz CT molecular complexity index is 372. The van der Waals surface area contributed by atoms with Crippen LogP contribution < -0.4 is 5.32 Å². The molecule has 0 saturated carbocycles. The molecule has 1 fully saturated rings. The van der Waals surface area contributed by atoms with Crippen molar-refractivity contribution in [3.63, 3.8) is 0 Å². The van der Waals surface area contributed by atoms with E-state index >= 15 is 0 Å². The molecule has 3 heteroatoms. The van der Waals surface area contributed by atoms with E-state index in [4.69, 9.17) is 0 Å². The number of aliphatic hydroxyl groups is 1. The first kappa shape index (κ1) is 15.5. The minimum Gasteiger partial charge on any atom is -0.392 e. The molecule has 2 rings (SSSR count). The van der Waals surface area contributed by atoms with Crippen molar-refractivity contribution in [3.8, 4) is 0 Å². The fourth-order valence-electron chi connectivity index (χ4n) is 2.66. The molecular formula is C17H28N2O. The molecule has 1 unspecified atom stereocenters. The predicted molar refractivity (Wildman–Crippen MR) is 83.6 cm³/mol. The molecule has 3 nitrogen and oxygen atoms in total. The largest absolute Gasteiger partial charge is 0.392 e. The number of nitrogens with zero attached hydrogens (tertiary/aromatic N) is 1. The van der Waals surface area contributed by atoms with E-state index in [9.17, 15) is 5.11 Å². The minimum atomic E-state index is -0.225. The lowest BCUT2D eigenvalue weighted by atomic mass is 10.0. The highest BCUT2D eigenvalue weighted by molar-refractivity contribution is 5.14. The maximum atomic E-state index is 9.83. The summed E-state index contributed by atoms with van der Waals surface area (Å²) in [5.41, 5.74) is 1.40. The fourth-order valence-corrected chi connectivity index (χ4v) is 2.66. The molecule has 20 heavy (non-hydrogen) atoms. The van der Waals surface area contributed by atoms with Crippen molar-refractivity contribution < 1.29 is 5.11 Å². The van der Waals surface area contributed by atoms with Crippen molar-refractivity contribution in [1.82, 2.24) is 10.2 Å². The van der Waals surface area contributed by atoms with Crippen LogP contribution in [0.5, 0.6) is 0 Å². The van der Waals surface area contributed by atoms with Crippen LogP contribution in [0.3, 0.4) is 0 Å². The molecule has 0 radical (unpaired) electrons. The van der Waals surface area contributed by atoms with Crippen molar-refractivity contribution in [1.29, 1.82) is 0 Å². The van der Waals surface area contributed by atoms with Crippen molar-refractivity contribution in [2.45, 2.75) is 45.4 Å². The summed E-state index contributed by atoms with van der Waals surface area (Å²) in [4.78, 5) is 2.52. The highest BCUT2D eigenvalue weighted by Crippen LogP contribution is 2.14. The Labute approximate surface area is 123 Å². The van der Waals surface area contributed by atoms with E-state index < -0.39 is 0 Å². The minimum absolute atomic E-state index is 0.225. The maximum absolute atomic E-state index is 9.83. The quantitative estimate of drug-likeness (QED) is 0.836. The van der Waals surface area contributed by atoms with Crippen LogP contribution in [-0.2, 0) is 6.54 Å². The smallest absolute Gasteiger partial charge is 0.0687 e. The lowest BCUT2D eigenvalue weighted by Crippen LogP contribution is -2.45. The first-order valence-corrected chi connectivity index (χ1v) is 7.83. The second-order valence-electron chi connectivity index (χ2n) is 6.26. The number of piperidine rings is 1. The van der Waals surface area contributed by atoms with Gasteiger partial charge in [0.05, 0.1) is 6.10 Å². The van der Waals surface area contributed by atoms with Crippen LogP contribution in [0.25, 0.3) is 0 Å². The van der Waals surface area contributed by atoms with Crippen molar-refractivity contribution in [2.24, 2.45) is 5.92 Å². The first-order valence-electron chi connectivity index (χ1n) is 7.83. The SMILES string of the molecule is CC(C)C(O)CNC1CCN(Cc2ccccc2)CC1. The van der Waals surface area contributed by atoms with Gasteiger partial charge < -0.3 is 10.4 Å². The van der Waals surface area contributed by atoms with Crippen LogP contribution in [0.2, 0.25) is 0 Å². The zero-order chi connectivity index (χ0) is 14.4. The van der Waals surface area contributed by atoms with Crippen molar-refractivity contribution in [3.05, 3.63) is 35.9 Å². The van der Waals surface area contributed by atoms with Crippen molar-refractivity contribution in [2.75, 3.05) is 19.6 Å². The summed E-state index contributed by atoms with van der Waals surface area (Å²) in [5, 5.41) is 13.3. The Morgan fingerprint density at radius 3 is 2.45 bits per heavy atom. The van der Waals surface area contributed by atoms with Gasteiger partial charge in [0.1, 0.15) is 0 Å². The van der Waals surface area contributed by atoms with Gasteiger partial charge in [-0.05, 0) is 37.4 Å². The summed E-state index contributed by atoms with van der Waals surface area (Å²) in [6, 6.07) is 11.2. The van der Waals surface area contributed by atoms with Gasteiger partial charge in [-0.3, -0.25) is 4.90 Å². The summed E-state index contributed by atoms with van der Waals surface area (Å²) in [6.45, 7) is 8.20. The van der Waals surface area contributed by atoms with Gasteiger partial charge in [0.25, 0.3) is 0 Å². The third-order valence-corrected chi connectivity index (χ3v) is 4.22. The number of nitrogens with one attached hydrogen (secondary N) is 1. The molecule has 112 valence electrons. The van der Waals surface area contributed by atoms with E-state index in [-0.39, 0.29) is 6.10 Å². The molecule has 1 aliphatic rings. The molecule has 0 spiro atoms. The molecular weight excluding hydrogens is 248 g/mol. The molecule has 1 aliphatic heterocycles. The number of likely N-dealkylation sites (tertiary alicyclic amines) is 1. The van der Waals surface area contributed by atoms with Gasteiger partial charge in [-0.2, -0.15) is 0 Å². The third-order valence-electron chi connectivity index (χ3n) is 4.22. The molecule has 1 heterocycles. The predicted octanol–water partition coefficient (Wildman–Crippen LogP) is 2.26. The molecule has 1 atom stereocenters. The van der Waals surface area contributed by atoms with E-state index in [1.54, 1.807) is 0 Å². The van der Waals surface area contributed by atoms with E-state index in [1.165, 1.54) is 18.4 Å². The standard InChI is InChI=1S/C17H28N2O/c1-14(2)17(20)12-18-16-8-10-19(11-9-16)13-15-6-4-3-5-7-15/h3-7,14,16-18,20H,8-13H2,1-2H3. The summed E-state index contributed by atoms with van der Waals surface area (Å²) >= 11 is 0. The van der Waals surface area contributed by atoms with Gasteiger partial charge in [0, 0.05) is 19.1 Å². The second kappa shape index (κ2) is 7.77. The highest BCUT2D eigenvalue weighted by atomic mass is 16.3. The van der Waals surface area contributed by atoms with E-state index in [0.717, 1.165) is 26.2 Å². The molecule has 0 aromatic heterocycles. The van der Waals surface area contributed by atoms with Crippen LogP contribution in [0, 0.1) is 5.92 Å². The first-order chi connectivity index (χ1) is 9.65. The molecule has 1 aromatic rings. The van der Waals surface area contributed by atoms with Crippen molar-refractivity contribution >= 4 is 0 Å². The molecule has 0 aliphatic carbocycles. The van der Waals surface area contributed by atoms with Gasteiger partial charge in [-0.1, -0.05) is 44.2 Å². The fraction of sp³-hybridized carbons (Fsp3) is 0.647. The average molecular weight is 276 g/mol. The van der Waals surface area contributed by atoms with E-state index in [1.807, 2.05) is 0 Å². The van der Waals surface area contributed by atoms with Gasteiger partial charge in [-0.15, -0.1) is 0 Å². The Kier molecular flexibility index (Phi) is 6.02. The molecule has 0 bridgehead atoms. The summed E-state index contributed by atoms with van der Waals surface area (Å²) in [6.07, 6.45) is 2.13. The number of rotatable bonds is 6. The normalized spacial score (nSPS) is 19.4. The molecule has 1 saturated heterocycles. The van der Waals surface area contributed by atoms with Gasteiger partial charge in [0.2, 0.25) is 0 Å². The van der Waals surface area contributed by atoms with Crippen LogP contribution in [0.1, 0.15) is 32.3 Å². The van der Waals surface area contributed by atoms with Gasteiger partial charge in [0.15, 0.2) is 0 Å². The lowest BCUT2D eigenvalue weighted by Gasteiger charge is -2.33. The monoisotopic (exact) mass is 276 g/mol. The molecule has 0 amide bonds. The number of aliphatic hydroxyl groups excluding tert-OH is 1. The summed E-state index contributed by atoms with van der Waals surface area (Å²) in [7, 11) is 0. The van der Waals surface area contributed by atoms with Crippen LogP contribution in [0.4, 0.5) is 0 Å². The molecule has 1 aromatic carbocycles. The van der Waals surface area contributed by atoms with E-state index in [0.29, 0.717) is 12.0 Å². The Balaban J connectivity index is 1.67.